The maximum absolute atomic E-state index is 12.6. The van der Waals surface area contributed by atoms with Gasteiger partial charge in [0.05, 0.1) is 23.9 Å². The van der Waals surface area contributed by atoms with Gasteiger partial charge in [-0.2, -0.15) is 0 Å². The number of nitrogens with zero attached hydrogens (tertiary/aromatic N) is 1. The second-order valence-electron chi connectivity index (χ2n) is 5.59. The minimum absolute atomic E-state index is 0.0564. The summed E-state index contributed by atoms with van der Waals surface area (Å²) in [4.78, 5) is 2.14. The Balaban J connectivity index is 2.15. The summed E-state index contributed by atoms with van der Waals surface area (Å²) < 4.78 is 53.6. The van der Waals surface area contributed by atoms with Gasteiger partial charge in [0, 0.05) is 37.1 Å². The van der Waals surface area contributed by atoms with Gasteiger partial charge in [0.25, 0.3) is 0 Å². The van der Waals surface area contributed by atoms with Gasteiger partial charge in [-0.05, 0) is 12.1 Å². The Kier molecular flexibility index (Phi) is 6.77. The highest BCUT2D eigenvalue weighted by atomic mass is 32.2. The van der Waals surface area contributed by atoms with E-state index in [0.717, 1.165) is 11.1 Å². The summed E-state index contributed by atoms with van der Waals surface area (Å²) >= 11 is 0. The molecule has 2 aromatic rings. The van der Waals surface area contributed by atoms with Crippen molar-refractivity contribution < 1.29 is 21.6 Å². The SMILES string of the molecule is CN(C)c1cccc2c(S(=O)(=O)NCCOCC[SH](=O)=O)cccc12. The lowest BCUT2D eigenvalue weighted by molar-refractivity contribution is 0.155. The van der Waals surface area contributed by atoms with Crippen LogP contribution in [0.15, 0.2) is 41.3 Å². The van der Waals surface area contributed by atoms with Crippen LogP contribution in [0.5, 0.6) is 0 Å². The molecule has 0 saturated heterocycles. The first-order valence-corrected chi connectivity index (χ1v) is 10.6. The molecule has 0 fully saturated rings. The van der Waals surface area contributed by atoms with Crippen molar-refractivity contribution in [3.05, 3.63) is 36.4 Å². The molecule has 138 valence electrons. The smallest absolute Gasteiger partial charge is 0.241 e. The van der Waals surface area contributed by atoms with E-state index < -0.39 is 20.7 Å². The number of thiol groups is 1. The maximum atomic E-state index is 12.6. The van der Waals surface area contributed by atoms with Gasteiger partial charge < -0.3 is 9.64 Å². The molecule has 0 aliphatic heterocycles. The van der Waals surface area contributed by atoms with E-state index in [0.29, 0.717) is 5.39 Å². The number of hydrogen-bond acceptors (Lipinski definition) is 6. The highest BCUT2D eigenvalue weighted by molar-refractivity contribution is 7.89. The molecule has 25 heavy (non-hydrogen) atoms. The highest BCUT2D eigenvalue weighted by Gasteiger charge is 2.17. The van der Waals surface area contributed by atoms with Crippen molar-refractivity contribution in [2.75, 3.05) is 44.5 Å². The molecule has 0 saturated carbocycles. The van der Waals surface area contributed by atoms with Crippen molar-refractivity contribution in [2.45, 2.75) is 4.90 Å². The Morgan fingerprint density at radius 1 is 1.04 bits per heavy atom. The third kappa shape index (κ3) is 5.15. The van der Waals surface area contributed by atoms with E-state index in [-0.39, 0.29) is 30.4 Å². The van der Waals surface area contributed by atoms with Crippen LogP contribution in [0.3, 0.4) is 0 Å². The topological polar surface area (TPSA) is 92.8 Å². The Bertz CT molecular complexity index is 900. The quantitative estimate of drug-likeness (QED) is 0.489. The van der Waals surface area contributed by atoms with E-state index in [1.54, 1.807) is 18.2 Å². The van der Waals surface area contributed by atoms with E-state index in [1.165, 1.54) is 0 Å². The number of anilines is 1. The predicted molar refractivity (Wildman–Crippen MR) is 99.5 cm³/mol. The van der Waals surface area contributed by atoms with E-state index in [2.05, 4.69) is 4.72 Å². The standard InChI is InChI=1S/C16H22N2O5S2/c1-18(2)15-7-3-6-14-13(15)5-4-8-16(14)25(21,22)17-9-10-23-11-12-24(19)20/h3-8,17,24H,9-12H2,1-2H3. The zero-order valence-corrected chi connectivity index (χ0v) is 15.8. The van der Waals surface area contributed by atoms with E-state index in [4.69, 9.17) is 4.74 Å². The molecule has 0 heterocycles. The summed E-state index contributed by atoms with van der Waals surface area (Å²) in [6.45, 7) is 0.235. The monoisotopic (exact) mass is 386 g/mol. The van der Waals surface area contributed by atoms with Crippen LogP contribution in [-0.4, -0.2) is 56.4 Å². The second kappa shape index (κ2) is 8.61. The largest absolute Gasteiger partial charge is 0.379 e. The van der Waals surface area contributed by atoms with Crippen LogP contribution in [-0.2, 0) is 25.5 Å². The normalized spacial score (nSPS) is 12.0. The van der Waals surface area contributed by atoms with Crippen LogP contribution in [0.4, 0.5) is 5.69 Å². The minimum Gasteiger partial charge on any atom is -0.379 e. The molecule has 2 rings (SSSR count). The van der Waals surface area contributed by atoms with Crippen molar-refractivity contribution in [1.82, 2.24) is 4.72 Å². The van der Waals surface area contributed by atoms with Gasteiger partial charge in [-0.25, -0.2) is 21.6 Å². The van der Waals surface area contributed by atoms with Crippen LogP contribution >= 0.6 is 0 Å². The molecule has 0 aliphatic carbocycles. The number of sulfonamides is 1. The first kappa shape index (κ1) is 19.6. The van der Waals surface area contributed by atoms with E-state index in [9.17, 15) is 16.8 Å². The molecule has 0 aliphatic rings. The van der Waals surface area contributed by atoms with Gasteiger partial charge in [-0.15, -0.1) is 0 Å². The Hall–Kier alpha value is -1.68. The summed E-state index contributed by atoms with van der Waals surface area (Å²) in [5.41, 5.74) is 0.935. The summed E-state index contributed by atoms with van der Waals surface area (Å²) in [6.07, 6.45) is 0. The molecule has 9 heteroatoms. The zero-order chi connectivity index (χ0) is 18.4. The number of rotatable bonds is 9. The van der Waals surface area contributed by atoms with Crippen LogP contribution < -0.4 is 9.62 Å². The van der Waals surface area contributed by atoms with Gasteiger partial charge in [0.2, 0.25) is 10.0 Å². The molecule has 0 spiro atoms. The van der Waals surface area contributed by atoms with Crippen LogP contribution in [0.25, 0.3) is 10.8 Å². The number of ether oxygens (including phenoxy) is 1. The molecule has 0 amide bonds. The molecular formula is C16H22N2O5S2. The summed E-state index contributed by atoms with van der Waals surface area (Å²) in [5.74, 6) is -0.0707. The lowest BCUT2D eigenvalue weighted by Crippen LogP contribution is -2.28. The third-order valence-electron chi connectivity index (χ3n) is 3.59. The van der Waals surface area contributed by atoms with E-state index in [1.807, 2.05) is 37.2 Å². The fourth-order valence-corrected chi connectivity index (χ4v) is 3.97. The Morgan fingerprint density at radius 2 is 1.72 bits per heavy atom. The Labute approximate surface area is 149 Å². The van der Waals surface area contributed by atoms with Crippen molar-refractivity contribution in [2.24, 2.45) is 0 Å². The first-order valence-electron chi connectivity index (χ1n) is 7.71. The first-order chi connectivity index (χ1) is 11.8. The third-order valence-corrected chi connectivity index (χ3v) is 5.65. The molecule has 0 radical (unpaired) electrons. The van der Waals surface area contributed by atoms with Gasteiger partial charge in [0.1, 0.15) is 10.7 Å². The summed E-state index contributed by atoms with van der Waals surface area (Å²) in [6, 6.07) is 10.7. The average Bonchev–Trinajstić information content (AvgIpc) is 2.56. The highest BCUT2D eigenvalue weighted by Crippen LogP contribution is 2.29. The molecule has 7 nitrogen and oxygen atoms in total. The Morgan fingerprint density at radius 3 is 2.40 bits per heavy atom. The lowest BCUT2D eigenvalue weighted by Gasteiger charge is -2.17. The number of benzene rings is 2. The molecule has 2 aromatic carbocycles. The summed E-state index contributed by atoms with van der Waals surface area (Å²) in [7, 11) is -2.37. The predicted octanol–water partition coefficient (Wildman–Crippen LogP) is 0.812. The fourth-order valence-electron chi connectivity index (χ4n) is 2.46. The average molecular weight is 386 g/mol. The lowest BCUT2D eigenvalue weighted by atomic mass is 10.1. The van der Waals surface area contributed by atoms with Crippen molar-refractivity contribution in [3.63, 3.8) is 0 Å². The zero-order valence-electron chi connectivity index (χ0n) is 14.1. The number of nitrogens with one attached hydrogen (secondary N) is 1. The maximum Gasteiger partial charge on any atom is 0.241 e. The van der Waals surface area contributed by atoms with Crippen molar-refractivity contribution in [3.8, 4) is 0 Å². The van der Waals surface area contributed by atoms with Crippen LogP contribution in [0, 0.1) is 0 Å². The fraction of sp³-hybridized carbons (Fsp3) is 0.375. The van der Waals surface area contributed by atoms with Gasteiger partial charge >= 0.3 is 0 Å². The van der Waals surface area contributed by atoms with Gasteiger partial charge in [-0.3, -0.25) is 0 Å². The van der Waals surface area contributed by atoms with Crippen LogP contribution in [0.1, 0.15) is 0 Å². The number of hydrogen-bond donors (Lipinski definition) is 2. The molecule has 1 N–H and O–H groups in total. The van der Waals surface area contributed by atoms with Gasteiger partial charge in [-0.1, -0.05) is 24.3 Å². The minimum atomic E-state index is -3.70. The second-order valence-corrected chi connectivity index (χ2v) is 8.44. The van der Waals surface area contributed by atoms with E-state index >= 15 is 0 Å². The van der Waals surface area contributed by atoms with Crippen molar-refractivity contribution in [1.29, 1.82) is 0 Å². The summed E-state index contributed by atoms with van der Waals surface area (Å²) in [5, 5.41) is 1.50. The molecular weight excluding hydrogens is 364 g/mol. The van der Waals surface area contributed by atoms with Crippen LogP contribution in [0.2, 0.25) is 0 Å². The molecule has 0 aromatic heterocycles. The van der Waals surface area contributed by atoms with Crippen molar-refractivity contribution >= 4 is 37.2 Å². The molecule has 0 atom stereocenters. The van der Waals surface area contributed by atoms with Gasteiger partial charge in [0.15, 0.2) is 0 Å². The number of fused-ring (bicyclic) bond motifs is 1. The molecule has 0 unspecified atom stereocenters. The molecule has 0 bridgehead atoms.